The van der Waals surface area contributed by atoms with Crippen LogP contribution in [0.3, 0.4) is 0 Å². The van der Waals surface area contributed by atoms with Gasteiger partial charge in [0.25, 0.3) is 0 Å². The predicted octanol–water partition coefficient (Wildman–Crippen LogP) is 2.24. The van der Waals surface area contributed by atoms with E-state index in [0.717, 1.165) is 21.2 Å². The molecule has 0 fully saturated rings. The van der Waals surface area contributed by atoms with Gasteiger partial charge in [-0.25, -0.2) is 4.98 Å². The van der Waals surface area contributed by atoms with E-state index in [-0.39, 0.29) is 18.4 Å². The van der Waals surface area contributed by atoms with Crippen LogP contribution in [-0.2, 0) is 22.6 Å². The van der Waals surface area contributed by atoms with Crippen LogP contribution in [0.2, 0.25) is 0 Å². The van der Waals surface area contributed by atoms with Crippen LogP contribution >= 0.6 is 11.3 Å². The van der Waals surface area contributed by atoms with E-state index >= 15 is 0 Å². The SMILES string of the molecule is CC(C)[C@H](O)C(=O)N[C@@H](Cc1cccc2ccccc12)C(=O)NCc1cnc(N)s1. The molecule has 0 radical (unpaired) electrons. The number of hydrogen-bond acceptors (Lipinski definition) is 6. The number of nitrogens with zero attached hydrogens (tertiary/aromatic N) is 1. The van der Waals surface area contributed by atoms with E-state index < -0.39 is 18.1 Å². The largest absolute Gasteiger partial charge is 0.383 e. The second-order valence-corrected chi connectivity index (χ2v) is 8.62. The fourth-order valence-electron chi connectivity index (χ4n) is 3.16. The van der Waals surface area contributed by atoms with E-state index in [1.807, 2.05) is 42.5 Å². The van der Waals surface area contributed by atoms with Gasteiger partial charge in [-0.15, -0.1) is 11.3 Å². The van der Waals surface area contributed by atoms with Gasteiger partial charge in [0.15, 0.2) is 5.13 Å². The summed E-state index contributed by atoms with van der Waals surface area (Å²) < 4.78 is 0. The smallest absolute Gasteiger partial charge is 0.249 e. The van der Waals surface area contributed by atoms with Gasteiger partial charge in [0.1, 0.15) is 12.1 Å². The summed E-state index contributed by atoms with van der Waals surface area (Å²) in [7, 11) is 0. The highest BCUT2D eigenvalue weighted by molar-refractivity contribution is 7.15. The van der Waals surface area contributed by atoms with Crippen LogP contribution in [0.25, 0.3) is 10.8 Å². The molecule has 30 heavy (non-hydrogen) atoms. The minimum absolute atomic E-state index is 0.258. The second-order valence-electron chi connectivity index (χ2n) is 7.48. The van der Waals surface area contributed by atoms with Crippen LogP contribution in [0.5, 0.6) is 0 Å². The van der Waals surface area contributed by atoms with Gasteiger partial charge in [-0.2, -0.15) is 0 Å². The summed E-state index contributed by atoms with van der Waals surface area (Å²) in [6, 6.07) is 12.9. The number of fused-ring (bicyclic) bond motifs is 1. The topological polar surface area (TPSA) is 117 Å². The third-order valence-electron chi connectivity index (χ3n) is 4.85. The average molecular weight is 427 g/mol. The maximum Gasteiger partial charge on any atom is 0.249 e. The van der Waals surface area contributed by atoms with Gasteiger partial charge in [0, 0.05) is 17.5 Å². The molecule has 158 valence electrons. The van der Waals surface area contributed by atoms with Crippen molar-refractivity contribution in [3.05, 3.63) is 59.1 Å². The number of amides is 2. The van der Waals surface area contributed by atoms with Crippen molar-refractivity contribution in [2.45, 2.75) is 39.0 Å². The molecule has 3 rings (SSSR count). The molecule has 2 aromatic carbocycles. The second kappa shape index (κ2) is 9.69. The van der Waals surface area contributed by atoms with Crippen LogP contribution in [0, 0.1) is 5.92 Å². The quantitative estimate of drug-likeness (QED) is 0.441. The van der Waals surface area contributed by atoms with Crippen molar-refractivity contribution in [1.29, 1.82) is 0 Å². The van der Waals surface area contributed by atoms with Crippen molar-refractivity contribution < 1.29 is 14.7 Å². The number of rotatable bonds is 8. The molecule has 7 nitrogen and oxygen atoms in total. The first-order valence-corrected chi connectivity index (χ1v) is 10.6. The molecule has 1 aromatic heterocycles. The summed E-state index contributed by atoms with van der Waals surface area (Å²) in [6.45, 7) is 3.76. The van der Waals surface area contributed by atoms with Gasteiger partial charge in [-0.3, -0.25) is 9.59 Å². The highest BCUT2D eigenvalue weighted by atomic mass is 32.1. The number of thiazole rings is 1. The molecule has 0 aliphatic heterocycles. The lowest BCUT2D eigenvalue weighted by atomic mass is 9.97. The van der Waals surface area contributed by atoms with Crippen LogP contribution in [0.4, 0.5) is 5.13 Å². The van der Waals surface area contributed by atoms with Crippen LogP contribution in [0.1, 0.15) is 24.3 Å². The molecule has 0 spiro atoms. The monoisotopic (exact) mass is 426 g/mol. The molecule has 3 aromatic rings. The molecular formula is C22H26N4O3S. The summed E-state index contributed by atoms with van der Waals surface area (Å²) in [5, 5.41) is 18.2. The number of nitrogens with one attached hydrogen (secondary N) is 2. The summed E-state index contributed by atoms with van der Waals surface area (Å²) in [5.41, 5.74) is 6.58. The van der Waals surface area contributed by atoms with Crippen molar-refractivity contribution in [1.82, 2.24) is 15.6 Å². The van der Waals surface area contributed by atoms with Crippen molar-refractivity contribution in [3.63, 3.8) is 0 Å². The Hall–Kier alpha value is -2.97. The Balaban J connectivity index is 1.80. The third-order valence-corrected chi connectivity index (χ3v) is 5.67. The van der Waals surface area contributed by atoms with E-state index in [9.17, 15) is 14.7 Å². The van der Waals surface area contributed by atoms with E-state index in [0.29, 0.717) is 11.6 Å². The first-order chi connectivity index (χ1) is 14.3. The van der Waals surface area contributed by atoms with Gasteiger partial charge in [0.2, 0.25) is 11.8 Å². The van der Waals surface area contributed by atoms with Crippen molar-refractivity contribution in [3.8, 4) is 0 Å². The van der Waals surface area contributed by atoms with E-state index in [1.54, 1.807) is 20.0 Å². The molecule has 1 heterocycles. The number of nitrogens with two attached hydrogens (primary N) is 1. The molecule has 0 aliphatic carbocycles. The Bertz CT molecular complexity index is 1030. The summed E-state index contributed by atoms with van der Waals surface area (Å²) in [4.78, 5) is 30.2. The number of anilines is 1. The van der Waals surface area contributed by atoms with Crippen molar-refractivity contribution >= 4 is 39.1 Å². The molecule has 0 saturated heterocycles. The maximum absolute atomic E-state index is 12.9. The summed E-state index contributed by atoms with van der Waals surface area (Å²) in [6.07, 6.45) is 0.726. The van der Waals surface area contributed by atoms with Gasteiger partial charge in [-0.05, 0) is 22.3 Å². The lowest BCUT2D eigenvalue weighted by molar-refractivity contribution is -0.135. The first kappa shape index (κ1) is 21.7. The molecule has 0 aliphatic rings. The predicted molar refractivity (Wildman–Crippen MR) is 119 cm³/mol. The molecule has 2 atom stereocenters. The Morgan fingerprint density at radius 1 is 1.13 bits per heavy atom. The number of nitrogen functional groups attached to an aromatic ring is 1. The van der Waals surface area contributed by atoms with Crippen LogP contribution in [-0.4, -0.2) is 34.1 Å². The maximum atomic E-state index is 12.9. The minimum atomic E-state index is -1.19. The normalized spacial score (nSPS) is 13.2. The van der Waals surface area contributed by atoms with E-state index in [2.05, 4.69) is 15.6 Å². The summed E-state index contributed by atoms with van der Waals surface area (Å²) in [5.74, 6) is -1.15. The first-order valence-electron chi connectivity index (χ1n) is 9.78. The van der Waals surface area contributed by atoms with Gasteiger partial charge in [-0.1, -0.05) is 56.3 Å². The molecular weight excluding hydrogens is 400 g/mol. The fourth-order valence-corrected chi connectivity index (χ4v) is 3.79. The minimum Gasteiger partial charge on any atom is -0.383 e. The van der Waals surface area contributed by atoms with Crippen molar-refractivity contribution in [2.24, 2.45) is 5.92 Å². The number of aromatic nitrogens is 1. The van der Waals surface area contributed by atoms with Gasteiger partial charge >= 0.3 is 0 Å². The average Bonchev–Trinajstić information content (AvgIpc) is 3.16. The molecule has 0 bridgehead atoms. The third kappa shape index (κ3) is 5.34. The van der Waals surface area contributed by atoms with E-state index in [1.165, 1.54) is 11.3 Å². The highest BCUT2D eigenvalue weighted by Crippen LogP contribution is 2.20. The van der Waals surface area contributed by atoms with Gasteiger partial charge < -0.3 is 21.5 Å². The molecule has 2 amide bonds. The standard InChI is InChI=1S/C22H26N4O3S/c1-13(2)19(27)21(29)26-18(20(28)24-11-16-12-25-22(23)30-16)10-15-8-5-7-14-6-3-4-9-17(14)15/h3-9,12-13,18-19,27H,10-11H2,1-2H3,(H2,23,25)(H,24,28)(H,26,29)/t18-,19-/m0/s1. The number of aliphatic hydroxyl groups is 1. The lowest BCUT2D eigenvalue weighted by Crippen LogP contribution is -2.51. The Morgan fingerprint density at radius 3 is 2.57 bits per heavy atom. The van der Waals surface area contributed by atoms with Crippen LogP contribution in [0.15, 0.2) is 48.7 Å². The van der Waals surface area contributed by atoms with Crippen LogP contribution < -0.4 is 16.4 Å². The zero-order valence-corrected chi connectivity index (χ0v) is 17.8. The fraction of sp³-hybridized carbons (Fsp3) is 0.318. The summed E-state index contributed by atoms with van der Waals surface area (Å²) >= 11 is 1.29. The number of benzene rings is 2. The highest BCUT2D eigenvalue weighted by Gasteiger charge is 2.26. The Kier molecular flexibility index (Phi) is 7.02. The Labute approximate surface area is 179 Å². The van der Waals surface area contributed by atoms with Crippen molar-refractivity contribution in [2.75, 3.05) is 5.73 Å². The number of aliphatic hydroxyl groups excluding tert-OH is 1. The zero-order valence-electron chi connectivity index (χ0n) is 17.0. The zero-order chi connectivity index (χ0) is 21.7. The van der Waals surface area contributed by atoms with Gasteiger partial charge in [0.05, 0.1) is 6.54 Å². The molecule has 5 N–H and O–H groups in total. The number of carbonyl (C=O) groups is 2. The number of carbonyl (C=O) groups excluding carboxylic acids is 2. The molecule has 0 saturated carbocycles. The lowest BCUT2D eigenvalue weighted by Gasteiger charge is -2.22. The Morgan fingerprint density at radius 2 is 1.87 bits per heavy atom. The van der Waals surface area contributed by atoms with E-state index in [4.69, 9.17) is 5.73 Å². The number of hydrogen-bond donors (Lipinski definition) is 4. The molecule has 8 heteroatoms. The molecule has 0 unspecified atom stereocenters.